The first-order valence-electron chi connectivity index (χ1n) is 5.73. The molecule has 1 unspecified atom stereocenters. The second-order valence-corrected chi connectivity index (χ2v) is 3.98. The van der Waals surface area contributed by atoms with Gasteiger partial charge in [0.25, 0.3) is 5.69 Å². The number of non-ortho nitro benzene ring substituents is 1. The molecule has 0 saturated carbocycles. The molecule has 0 heterocycles. The van der Waals surface area contributed by atoms with Crippen molar-refractivity contribution in [1.29, 1.82) is 0 Å². The molecule has 0 amide bonds. The van der Waals surface area contributed by atoms with Crippen LogP contribution >= 0.6 is 0 Å². The van der Waals surface area contributed by atoms with E-state index < -0.39 is 4.92 Å². The number of hydrogen-bond donors (Lipinski definition) is 4. The minimum absolute atomic E-state index is 0.00203. The van der Waals surface area contributed by atoms with E-state index in [1.165, 1.54) is 12.1 Å². The molecule has 0 aliphatic rings. The van der Waals surface area contributed by atoms with Crippen LogP contribution in [-0.4, -0.2) is 36.4 Å². The zero-order valence-corrected chi connectivity index (χ0v) is 10.6. The van der Waals surface area contributed by atoms with Crippen LogP contribution in [0.5, 0.6) is 0 Å². The first kappa shape index (κ1) is 15.2. The van der Waals surface area contributed by atoms with Gasteiger partial charge >= 0.3 is 0 Å². The average molecular weight is 270 g/mol. The zero-order chi connectivity index (χ0) is 14.3. The lowest BCUT2D eigenvalue weighted by molar-refractivity contribution is -0.384. The Bertz CT molecular complexity index is 421. The van der Waals surface area contributed by atoms with Crippen LogP contribution in [0.2, 0.25) is 0 Å². The molecule has 19 heavy (non-hydrogen) atoms. The summed E-state index contributed by atoms with van der Waals surface area (Å²) in [5.41, 5.74) is 3.27. The fraction of sp³-hybridized carbons (Fsp3) is 0.455. The number of nitrogens with two attached hydrogens (primary N) is 1. The zero-order valence-electron chi connectivity index (χ0n) is 10.6. The molecule has 8 nitrogen and oxygen atoms in total. The Kier molecular flexibility index (Phi) is 6.00. The highest BCUT2D eigenvalue weighted by atomic mass is 16.6. The summed E-state index contributed by atoms with van der Waals surface area (Å²) in [6, 6.07) is 4.25. The number of ether oxygens (including phenoxy) is 1. The smallest absolute Gasteiger partial charge is 0.273 e. The van der Waals surface area contributed by atoms with Gasteiger partial charge in [0.2, 0.25) is 0 Å². The van der Waals surface area contributed by atoms with Crippen LogP contribution in [0.25, 0.3) is 0 Å². The van der Waals surface area contributed by atoms with E-state index >= 15 is 0 Å². The Morgan fingerprint density at radius 1 is 1.47 bits per heavy atom. The monoisotopic (exact) mass is 270 g/mol. The van der Waals surface area contributed by atoms with Gasteiger partial charge in [0.1, 0.15) is 0 Å². The standard InChI is InChI=1S/C11H18N4O4/c1-19-7-8(2-3-16)13-9-4-10(14-12)6-11(5-9)15(17)18/h4-6,8,13-14,16H,2-3,7,12H2,1H3. The molecule has 0 bridgehead atoms. The molecule has 5 N–H and O–H groups in total. The number of nitro benzene ring substituents is 1. The van der Waals surface area contributed by atoms with Gasteiger partial charge in [-0.05, 0) is 12.5 Å². The number of aliphatic hydroxyl groups excluding tert-OH is 1. The van der Waals surface area contributed by atoms with Crippen LogP contribution in [0.1, 0.15) is 6.42 Å². The van der Waals surface area contributed by atoms with E-state index in [0.717, 1.165) is 0 Å². The van der Waals surface area contributed by atoms with E-state index in [2.05, 4.69) is 10.7 Å². The number of nitrogens with one attached hydrogen (secondary N) is 2. The number of nitrogens with zero attached hydrogens (tertiary/aromatic N) is 1. The molecule has 0 aromatic heterocycles. The van der Waals surface area contributed by atoms with Gasteiger partial charge in [-0.3, -0.25) is 16.0 Å². The summed E-state index contributed by atoms with van der Waals surface area (Å²) >= 11 is 0. The summed E-state index contributed by atoms with van der Waals surface area (Å²) in [6.45, 7) is 0.382. The molecule has 8 heteroatoms. The summed E-state index contributed by atoms with van der Waals surface area (Å²) in [7, 11) is 1.55. The predicted molar refractivity (Wildman–Crippen MR) is 71.9 cm³/mol. The topological polar surface area (TPSA) is 123 Å². The van der Waals surface area contributed by atoms with Crippen molar-refractivity contribution in [2.45, 2.75) is 12.5 Å². The minimum atomic E-state index is -0.497. The van der Waals surface area contributed by atoms with Crippen molar-refractivity contribution >= 4 is 17.1 Å². The maximum atomic E-state index is 10.8. The Labute approximate surface area is 110 Å². The van der Waals surface area contributed by atoms with Crippen molar-refractivity contribution in [1.82, 2.24) is 0 Å². The Balaban J connectivity index is 2.91. The van der Waals surface area contributed by atoms with Gasteiger partial charge in [-0.2, -0.15) is 0 Å². The Morgan fingerprint density at radius 3 is 2.68 bits per heavy atom. The molecule has 0 aliphatic heterocycles. The molecule has 1 rings (SSSR count). The predicted octanol–water partition coefficient (Wildman–Crippen LogP) is 0.690. The van der Waals surface area contributed by atoms with E-state index in [9.17, 15) is 10.1 Å². The van der Waals surface area contributed by atoms with Crippen LogP contribution in [0.3, 0.4) is 0 Å². The second-order valence-electron chi connectivity index (χ2n) is 3.98. The number of nitro groups is 1. The summed E-state index contributed by atoms with van der Waals surface area (Å²) in [5, 5.41) is 22.8. The fourth-order valence-corrected chi connectivity index (χ4v) is 1.67. The number of anilines is 2. The van der Waals surface area contributed by atoms with Gasteiger partial charge in [0, 0.05) is 31.5 Å². The SMILES string of the molecule is COCC(CCO)Nc1cc(NN)cc([N+](=O)[O-])c1. The molecular formula is C11H18N4O4. The lowest BCUT2D eigenvalue weighted by atomic mass is 10.2. The summed E-state index contributed by atoms with van der Waals surface area (Å²) in [5.74, 6) is 5.27. The van der Waals surface area contributed by atoms with Gasteiger partial charge in [0.15, 0.2) is 0 Å². The maximum Gasteiger partial charge on any atom is 0.273 e. The molecule has 1 aromatic carbocycles. The number of rotatable bonds is 8. The van der Waals surface area contributed by atoms with Crippen molar-refractivity contribution in [2.24, 2.45) is 5.84 Å². The van der Waals surface area contributed by atoms with Gasteiger partial charge in [-0.1, -0.05) is 0 Å². The number of nitrogen functional groups attached to an aromatic ring is 1. The van der Waals surface area contributed by atoms with E-state index in [1.807, 2.05) is 0 Å². The fourth-order valence-electron chi connectivity index (χ4n) is 1.67. The lowest BCUT2D eigenvalue weighted by Crippen LogP contribution is -2.26. The van der Waals surface area contributed by atoms with E-state index in [-0.39, 0.29) is 18.3 Å². The van der Waals surface area contributed by atoms with Gasteiger partial charge < -0.3 is 20.6 Å². The normalized spacial score (nSPS) is 11.9. The van der Waals surface area contributed by atoms with Crippen LogP contribution in [0, 0.1) is 10.1 Å². The lowest BCUT2D eigenvalue weighted by Gasteiger charge is -2.18. The third-order valence-electron chi connectivity index (χ3n) is 2.51. The molecular weight excluding hydrogens is 252 g/mol. The van der Waals surface area contributed by atoms with Gasteiger partial charge in [-0.25, -0.2) is 0 Å². The summed E-state index contributed by atoms with van der Waals surface area (Å²) < 4.78 is 5.02. The van der Waals surface area contributed by atoms with Gasteiger partial charge in [0.05, 0.1) is 23.3 Å². The van der Waals surface area contributed by atoms with E-state index in [1.54, 1.807) is 13.2 Å². The molecule has 1 aromatic rings. The molecule has 0 spiro atoms. The third kappa shape index (κ3) is 4.70. The van der Waals surface area contributed by atoms with Crippen LogP contribution < -0.4 is 16.6 Å². The van der Waals surface area contributed by atoms with Crippen molar-refractivity contribution in [3.05, 3.63) is 28.3 Å². The number of methoxy groups -OCH3 is 1. The van der Waals surface area contributed by atoms with Gasteiger partial charge in [-0.15, -0.1) is 0 Å². The van der Waals surface area contributed by atoms with E-state index in [4.69, 9.17) is 15.7 Å². The van der Waals surface area contributed by atoms with Crippen LogP contribution in [0.4, 0.5) is 17.1 Å². The highest BCUT2D eigenvalue weighted by Gasteiger charge is 2.13. The summed E-state index contributed by atoms with van der Waals surface area (Å²) in [6.07, 6.45) is 0.474. The van der Waals surface area contributed by atoms with Crippen molar-refractivity contribution < 1.29 is 14.8 Å². The molecule has 0 radical (unpaired) electrons. The second kappa shape index (κ2) is 7.52. The first-order valence-corrected chi connectivity index (χ1v) is 5.73. The third-order valence-corrected chi connectivity index (χ3v) is 2.51. The number of hydrogen-bond acceptors (Lipinski definition) is 7. The number of aliphatic hydroxyl groups is 1. The Morgan fingerprint density at radius 2 is 2.16 bits per heavy atom. The van der Waals surface area contributed by atoms with E-state index in [0.29, 0.717) is 24.4 Å². The maximum absolute atomic E-state index is 10.8. The summed E-state index contributed by atoms with van der Waals surface area (Å²) in [4.78, 5) is 10.3. The van der Waals surface area contributed by atoms with Crippen molar-refractivity contribution in [3.8, 4) is 0 Å². The minimum Gasteiger partial charge on any atom is -0.396 e. The number of hydrazine groups is 1. The molecule has 0 aliphatic carbocycles. The molecule has 1 atom stereocenters. The first-order chi connectivity index (χ1) is 9.10. The Hall–Kier alpha value is -1.90. The molecule has 106 valence electrons. The van der Waals surface area contributed by atoms with Crippen molar-refractivity contribution in [2.75, 3.05) is 31.1 Å². The van der Waals surface area contributed by atoms with Crippen molar-refractivity contribution in [3.63, 3.8) is 0 Å². The highest BCUT2D eigenvalue weighted by molar-refractivity contribution is 5.63. The highest BCUT2D eigenvalue weighted by Crippen LogP contribution is 2.24. The van der Waals surface area contributed by atoms with Crippen LogP contribution in [-0.2, 0) is 4.74 Å². The molecule has 0 saturated heterocycles. The van der Waals surface area contributed by atoms with Crippen LogP contribution in [0.15, 0.2) is 18.2 Å². The quantitative estimate of drug-likeness (QED) is 0.311. The number of benzene rings is 1. The average Bonchev–Trinajstić information content (AvgIpc) is 2.38. The largest absolute Gasteiger partial charge is 0.396 e. The molecule has 0 fully saturated rings.